The van der Waals surface area contributed by atoms with Crippen molar-refractivity contribution in [3.63, 3.8) is 0 Å². The molecule has 0 aromatic heterocycles. The summed E-state index contributed by atoms with van der Waals surface area (Å²) in [6, 6.07) is 6.70. The van der Waals surface area contributed by atoms with Gasteiger partial charge in [0.15, 0.2) is 5.96 Å². The monoisotopic (exact) mass is 318 g/mol. The van der Waals surface area contributed by atoms with Crippen LogP contribution in [0.25, 0.3) is 0 Å². The molecule has 0 radical (unpaired) electrons. The second-order valence-corrected chi connectivity index (χ2v) is 6.38. The fourth-order valence-electron chi connectivity index (χ4n) is 2.96. The first-order valence-corrected chi connectivity index (χ1v) is 8.38. The van der Waals surface area contributed by atoms with Crippen molar-refractivity contribution in [2.75, 3.05) is 46.9 Å². The van der Waals surface area contributed by atoms with Crippen LogP contribution in [0, 0.1) is 13.8 Å². The summed E-state index contributed by atoms with van der Waals surface area (Å²) in [6.45, 7) is 8.73. The van der Waals surface area contributed by atoms with Crippen molar-refractivity contribution >= 4 is 5.96 Å². The van der Waals surface area contributed by atoms with Gasteiger partial charge in [-0.05, 0) is 32.9 Å². The zero-order valence-electron chi connectivity index (χ0n) is 14.9. The molecule has 23 heavy (non-hydrogen) atoms. The van der Waals surface area contributed by atoms with Crippen molar-refractivity contribution < 1.29 is 4.74 Å². The summed E-state index contributed by atoms with van der Waals surface area (Å²) in [5.41, 5.74) is 4.00. The highest BCUT2D eigenvalue weighted by Crippen LogP contribution is 2.09. The van der Waals surface area contributed by atoms with E-state index >= 15 is 0 Å². The van der Waals surface area contributed by atoms with E-state index in [-0.39, 0.29) is 6.10 Å². The van der Waals surface area contributed by atoms with Gasteiger partial charge in [-0.2, -0.15) is 0 Å². The van der Waals surface area contributed by atoms with Gasteiger partial charge in [0, 0.05) is 33.2 Å². The van der Waals surface area contributed by atoms with E-state index in [1.807, 2.05) is 0 Å². The van der Waals surface area contributed by atoms with Crippen molar-refractivity contribution in [2.45, 2.75) is 26.4 Å². The van der Waals surface area contributed by atoms with Crippen molar-refractivity contribution in [3.8, 4) is 0 Å². The van der Waals surface area contributed by atoms with Gasteiger partial charge in [0.2, 0.25) is 0 Å². The molecule has 128 valence electrons. The van der Waals surface area contributed by atoms with E-state index in [9.17, 15) is 0 Å². The summed E-state index contributed by atoms with van der Waals surface area (Å²) >= 11 is 0. The van der Waals surface area contributed by atoms with Crippen molar-refractivity contribution in [2.24, 2.45) is 4.99 Å². The number of aliphatic imine (C=N–C) groups is 1. The fraction of sp³-hybridized carbons (Fsp3) is 0.611. The van der Waals surface area contributed by atoms with Crippen LogP contribution in [0.5, 0.6) is 0 Å². The Morgan fingerprint density at radius 2 is 2.00 bits per heavy atom. The molecule has 1 fully saturated rings. The van der Waals surface area contributed by atoms with Gasteiger partial charge in [0.25, 0.3) is 0 Å². The number of ether oxygens (including phenoxy) is 1. The Morgan fingerprint density at radius 1 is 1.26 bits per heavy atom. The highest BCUT2D eigenvalue weighted by atomic mass is 16.5. The third-order valence-electron chi connectivity index (χ3n) is 4.05. The Morgan fingerprint density at radius 3 is 2.65 bits per heavy atom. The molecule has 0 aliphatic carbocycles. The third kappa shape index (κ3) is 6.20. The molecule has 0 spiro atoms. The molecule has 5 nitrogen and oxygen atoms in total. The van der Waals surface area contributed by atoms with Crippen LogP contribution >= 0.6 is 0 Å². The second kappa shape index (κ2) is 8.89. The Hall–Kier alpha value is -1.59. The molecule has 2 rings (SSSR count). The van der Waals surface area contributed by atoms with Crippen LogP contribution in [0.4, 0.5) is 0 Å². The van der Waals surface area contributed by atoms with Crippen molar-refractivity contribution in [3.05, 3.63) is 34.9 Å². The Balaban J connectivity index is 1.72. The van der Waals surface area contributed by atoms with Crippen LogP contribution < -0.4 is 10.6 Å². The third-order valence-corrected chi connectivity index (χ3v) is 4.05. The van der Waals surface area contributed by atoms with E-state index in [0.717, 1.165) is 45.2 Å². The first-order valence-electron chi connectivity index (χ1n) is 8.38. The van der Waals surface area contributed by atoms with Crippen LogP contribution in [-0.4, -0.2) is 63.8 Å². The molecular formula is C18H30N4O. The largest absolute Gasteiger partial charge is 0.374 e. The number of aryl methyl sites for hydroxylation is 2. The van der Waals surface area contributed by atoms with Crippen LogP contribution in [-0.2, 0) is 11.2 Å². The van der Waals surface area contributed by atoms with Crippen molar-refractivity contribution in [1.82, 2.24) is 15.5 Å². The molecular weight excluding hydrogens is 288 g/mol. The van der Waals surface area contributed by atoms with Gasteiger partial charge < -0.3 is 20.3 Å². The molecule has 1 unspecified atom stereocenters. The van der Waals surface area contributed by atoms with Gasteiger partial charge in [0.1, 0.15) is 0 Å². The van der Waals surface area contributed by atoms with E-state index < -0.39 is 0 Å². The number of nitrogens with zero attached hydrogens (tertiary/aromatic N) is 2. The number of likely N-dealkylation sites (N-methyl/N-ethyl adjacent to an activating group) is 1. The number of hydrogen-bond acceptors (Lipinski definition) is 3. The normalized spacial score (nSPS) is 19.7. The number of nitrogens with one attached hydrogen (secondary N) is 2. The summed E-state index contributed by atoms with van der Waals surface area (Å²) < 4.78 is 5.76. The highest BCUT2D eigenvalue weighted by molar-refractivity contribution is 5.79. The molecule has 1 aliphatic rings. The number of morpholine rings is 1. The van der Waals surface area contributed by atoms with E-state index in [1.54, 1.807) is 7.05 Å². The van der Waals surface area contributed by atoms with Crippen LogP contribution in [0.3, 0.4) is 0 Å². The predicted molar refractivity (Wildman–Crippen MR) is 96.2 cm³/mol. The number of benzene rings is 1. The van der Waals surface area contributed by atoms with Crippen molar-refractivity contribution in [1.29, 1.82) is 0 Å². The highest BCUT2D eigenvalue weighted by Gasteiger charge is 2.17. The maximum atomic E-state index is 5.76. The fourth-order valence-corrected chi connectivity index (χ4v) is 2.96. The first-order chi connectivity index (χ1) is 11.1. The molecule has 0 amide bonds. The van der Waals surface area contributed by atoms with Gasteiger partial charge in [-0.25, -0.2) is 0 Å². The Kier molecular flexibility index (Phi) is 6.86. The van der Waals surface area contributed by atoms with E-state index in [1.165, 1.54) is 16.7 Å². The zero-order chi connectivity index (χ0) is 16.7. The average Bonchev–Trinajstić information content (AvgIpc) is 2.50. The average molecular weight is 318 g/mol. The molecule has 1 saturated heterocycles. The lowest BCUT2D eigenvalue weighted by atomic mass is 10.1. The predicted octanol–water partition coefficient (Wildman–Crippen LogP) is 1.34. The van der Waals surface area contributed by atoms with Crippen LogP contribution in [0.2, 0.25) is 0 Å². The second-order valence-electron chi connectivity index (χ2n) is 6.38. The van der Waals surface area contributed by atoms with Crippen LogP contribution in [0.1, 0.15) is 16.7 Å². The lowest BCUT2D eigenvalue weighted by Crippen LogP contribution is -2.48. The van der Waals surface area contributed by atoms with E-state index in [0.29, 0.717) is 0 Å². The quantitative estimate of drug-likeness (QED) is 0.635. The zero-order valence-corrected chi connectivity index (χ0v) is 14.9. The standard InChI is InChI=1S/C18H30N4O/c1-14-9-15(2)11-16(10-14)5-6-20-18(19-3)21-12-17-13-22(4)7-8-23-17/h9-11,17H,5-8,12-13H2,1-4H3,(H2,19,20,21). The first kappa shape index (κ1) is 17.8. The Labute approximate surface area is 140 Å². The summed E-state index contributed by atoms with van der Waals surface area (Å²) in [5, 5.41) is 6.73. The van der Waals surface area contributed by atoms with E-state index in [2.05, 4.69) is 59.6 Å². The minimum Gasteiger partial charge on any atom is -0.374 e. The molecule has 1 aromatic carbocycles. The molecule has 1 aliphatic heterocycles. The lowest BCUT2D eigenvalue weighted by molar-refractivity contribution is -0.0161. The van der Waals surface area contributed by atoms with Gasteiger partial charge in [-0.15, -0.1) is 0 Å². The van der Waals surface area contributed by atoms with Gasteiger partial charge >= 0.3 is 0 Å². The minimum absolute atomic E-state index is 0.228. The minimum atomic E-state index is 0.228. The summed E-state index contributed by atoms with van der Waals surface area (Å²) in [6.07, 6.45) is 1.22. The molecule has 0 saturated carbocycles. The molecule has 5 heteroatoms. The molecule has 1 aromatic rings. The van der Waals surface area contributed by atoms with Gasteiger partial charge in [0.05, 0.1) is 12.7 Å². The smallest absolute Gasteiger partial charge is 0.191 e. The SMILES string of the molecule is CN=C(NCCc1cc(C)cc(C)c1)NCC1CN(C)CCO1. The molecule has 0 bridgehead atoms. The maximum Gasteiger partial charge on any atom is 0.191 e. The Bertz CT molecular complexity index is 510. The molecule has 2 N–H and O–H groups in total. The lowest BCUT2D eigenvalue weighted by Gasteiger charge is -2.30. The summed E-state index contributed by atoms with van der Waals surface area (Å²) in [7, 11) is 3.94. The van der Waals surface area contributed by atoms with Crippen LogP contribution in [0.15, 0.2) is 23.2 Å². The van der Waals surface area contributed by atoms with Gasteiger partial charge in [-0.3, -0.25) is 4.99 Å². The van der Waals surface area contributed by atoms with Gasteiger partial charge in [-0.1, -0.05) is 29.3 Å². The molecule has 1 atom stereocenters. The molecule has 1 heterocycles. The number of hydrogen-bond donors (Lipinski definition) is 2. The maximum absolute atomic E-state index is 5.76. The summed E-state index contributed by atoms with van der Waals surface area (Å²) in [5.74, 6) is 0.839. The van der Waals surface area contributed by atoms with E-state index in [4.69, 9.17) is 4.74 Å². The number of rotatable bonds is 5. The number of guanidine groups is 1. The summed E-state index contributed by atoms with van der Waals surface area (Å²) in [4.78, 5) is 6.58. The topological polar surface area (TPSA) is 48.9 Å².